The van der Waals surface area contributed by atoms with Crippen LogP contribution in [0.2, 0.25) is 0 Å². The van der Waals surface area contributed by atoms with Gasteiger partial charge in [0.2, 0.25) is 0 Å². The maximum absolute atomic E-state index is 7.00. The first kappa shape index (κ1) is 22.5. The first-order chi connectivity index (χ1) is 2.83. The van der Waals surface area contributed by atoms with Gasteiger partial charge < -0.3 is 17.0 Å². The Morgan fingerprint density at radius 2 is 1.62 bits per heavy atom. The molecule has 0 unspecified atom stereocenters. The van der Waals surface area contributed by atoms with E-state index in [2.05, 4.69) is 12.6 Å². The van der Waals surface area contributed by atoms with Crippen molar-refractivity contribution in [3.8, 4) is 0 Å². The second kappa shape index (κ2) is 36.4. The molecule has 47 valence electrons. The van der Waals surface area contributed by atoms with Crippen LogP contribution in [0, 0.1) is 0 Å². The second-order valence-corrected chi connectivity index (χ2v) is 1.06. The van der Waals surface area contributed by atoms with Gasteiger partial charge in [0.25, 0.3) is 0 Å². The minimum Gasteiger partial charge on any atom is -1.00 e. The van der Waals surface area contributed by atoms with Crippen molar-refractivity contribution in [2.24, 2.45) is 0 Å². The Bertz CT molecular complexity index is 23.8. The molecular weight excluding hydrogens is 154 g/mol. The van der Waals surface area contributed by atoms with Crippen molar-refractivity contribution < 1.29 is 68.3 Å². The van der Waals surface area contributed by atoms with Crippen LogP contribution < -0.4 is 51.4 Å². The summed E-state index contributed by atoms with van der Waals surface area (Å²) in [7, 11) is 0. The van der Waals surface area contributed by atoms with Crippen LogP contribution in [-0.2, 0) is 0 Å². The molecule has 3 nitrogen and oxygen atoms in total. The minimum absolute atomic E-state index is 0. The molecule has 4 N–H and O–H groups in total. The molecule has 0 atom stereocenters. The summed E-state index contributed by atoms with van der Waals surface area (Å²) in [6.45, 7) is 1.99. The largest absolute Gasteiger partial charge is 1.00 e. The third-order valence-electron chi connectivity index (χ3n) is 0. The average Bonchev–Trinajstić information content (AvgIpc) is 1.39. The smallest absolute Gasteiger partial charge is 1.00 e. The third kappa shape index (κ3) is 102. The third-order valence-corrected chi connectivity index (χ3v) is 0. The number of hydrogen-bond acceptors (Lipinski definition) is 3. The van der Waals surface area contributed by atoms with E-state index < -0.39 is 0 Å². The molecule has 6 heteroatoms. The predicted molar refractivity (Wildman–Crippen MR) is 34.4 cm³/mol. The fourth-order valence-corrected chi connectivity index (χ4v) is 0. The molecule has 0 aromatic rings. The average molecular weight is 165 g/mol. The summed E-state index contributed by atoms with van der Waals surface area (Å²) < 4.78 is 0. The molecule has 0 aliphatic heterocycles. The van der Waals surface area contributed by atoms with E-state index in [-0.39, 0.29) is 66.0 Å². The van der Waals surface area contributed by atoms with Gasteiger partial charge in [-0.25, -0.2) is 0 Å². The van der Waals surface area contributed by atoms with Gasteiger partial charge in [0.05, 0.1) is 0 Å². The van der Waals surface area contributed by atoms with Crippen molar-refractivity contribution in [2.45, 2.75) is 6.92 Å². The Morgan fingerprint density at radius 1 is 1.62 bits per heavy atom. The van der Waals surface area contributed by atoms with Crippen LogP contribution in [0.15, 0.2) is 0 Å². The van der Waals surface area contributed by atoms with Crippen LogP contribution in [0.5, 0.6) is 0 Å². The second-order valence-electron chi connectivity index (χ2n) is 0.432. The molecule has 0 saturated heterocycles. The van der Waals surface area contributed by atoms with Crippen molar-refractivity contribution in [3.63, 3.8) is 0 Å². The van der Waals surface area contributed by atoms with Crippen molar-refractivity contribution in [3.05, 3.63) is 0 Å². The monoisotopic (exact) mass is 165 g/mol. The molecular formula is C2H11BKO3S. The normalized spacial score (nSPS) is 4.00. The summed E-state index contributed by atoms with van der Waals surface area (Å²) in [6, 6.07) is 0. The van der Waals surface area contributed by atoms with Crippen molar-refractivity contribution in [1.29, 1.82) is 0 Å². The van der Waals surface area contributed by atoms with Gasteiger partial charge in [-0.3, -0.25) is 0 Å². The van der Waals surface area contributed by atoms with Crippen molar-refractivity contribution in [2.75, 3.05) is 5.75 Å². The molecule has 0 bridgehead atoms. The molecule has 0 spiro atoms. The molecule has 1 radical (unpaired) electrons. The zero-order chi connectivity index (χ0) is 5.41. The van der Waals surface area contributed by atoms with E-state index in [1.165, 1.54) is 0 Å². The first-order valence-electron chi connectivity index (χ1n) is 1.54. The van der Waals surface area contributed by atoms with Crippen molar-refractivity contribution in [1.82, 2.24) is 0 Å². The molecule has 8 heavy (non-hydrogen) atoms. The summed E-state index contributed by atoms with van der Waals surface area (Å²) in [4.78, 5) is 0. The number of hydrogen-bond donors (Lipinski definition) is 3. The molecule has 0 saturated carbocycles. The molecule has 0 amide bonds. The van der Waals surface area contributed by atoms with Gasteiger partial charge in [-0.05, 0) is 5.75 Å². The van der Waals surface area contributed by atoms with Crippen LogP contribution >= 0.6 is 12.6 Å². The fraction of sp³-hybridized carbons (Fsp3) is 1.00. The van der Waals surface area contributed by atoms with Crippen LogP contribution in [-0.4, -0.2) is 29.0 Å². The Hall–Kier alpha value is 1.93. The summed E-state index contributed by atoms with van der Waals surface area (Å²) in [5.74, 6) is 0.944. The van der Waals surface area contributed by atoms with Gasteiger partial charge in [0.1, 0.15) is 0 Å². The van der Waals surface area contributed by atoms with E-state index in [4.69, 9.17) is 10.0 Å². The van der Waals surface area contributed by atoms with Crippen molar-refractivity contribution >= 4 is 20.3 Å². The van der Waals surface area contributed by atoms with E-state index in [9.17, 15) is 0 Å². The standard InChI is InChI=1S/C2H6S.BH2O2.K.H2O.H/c1-2-3;2-1-3;;;/h3H,2H2,1H3;2-3H;;1H2;/q;;+1;;-1. The fourth-order valence-electron chi connectivity index (χ4n) is 0. The molecule has 0 heterocycles. The van der Waals surface area contributed by atoms with E-state index >= 15 is 0 Å². The van der Waals surface area contributed by atoms with E-state index in [1.807, 2.05) is 6.92 Å². The van der Waals surface area contributed by atoms with Gasteiger partial charge >= 0.3 is 59.1 Å². The van der Waals surface area contributed by atoms with Gasteiger partial charge in [-0.1, -0.05) is 6.92 Å². The first-order valence-corrected chi connectivity index (χ1v) is 2.17. The van der Waals surface area contributed by atoms with Crippen LogP contribution in [0.3, 0.4) is 0 Å². The molecule has 0 aromatic heterocycles. The Labute approximate surface area is 99.8 Å². The van der Waals surface area contributed by atoms with E-state index in [1.54, 1.807) is 0 Å². The van der Waals surface area contributed by atoms with Crippen LogP contribution in [0.4, 0.5) is 0 Å². The maximum atomic E-state index is 7.00. The summed E-state index contributed by atoms with van der Waals surface area (Å²) >= 11 is 3.79. The zero-order valence-electron chi connectivity index (χ0n) is 6.13. The summed E-state index contributed by atoms with van der Waals surface area (Å²) in [6.07, 6.45) is 0. The van der Waals surface area contributed by atoms with Gasteiger partial charge in [-0.2, -0.15) is 12.6 Å². The number of rotatable bonds is 0. The maximum Gasteiger partial charge on any atom is 1.00 e. The Kier molecular flexibility index (Phi) is 102. The van der Waals surface area contributed by atoms with E-state index in [0.717, 1.165) is 5.75 Å². The minimum atomic E-state index is 0. The summed E-state index contributed by atoms with van der Waals surface area (Å²) in [5, 5.41) is 14.0. The van der Waals surface area contributed by atoms with Gasteiger partial charge in [0.15, 0.2) is 0 Å². The summed E-state index contributed by atoms with van der Waals surface area (Å²) in [5.41, 5.74) is 0. The zero-order valence-corrected chi connectivity index (χ0v) is 9.14. The van der Waals surface area contributed by atoms with E-state index in [0.29, 0.717) is 0 Å². The Morgan fingerprint density at radius 3 is 1.62 bits per heavy atom. The van der Waals surface area contributed by atoms with Gasteiger partial charge in [0, 0.05) is 0 Å². The Balaban J connectivity index is -0.00000000889. The topological polar surface area (TPSA) is 72.0 Å². The van der Waals surface area contributed by atoms with Crippen LogP contribution in [0.1, 0.15) is 8.35 Å². The molecule has 0 rings (SSSR count). The molecule has 0 fully saturated rings. The van der Waals surface area contributed by atoms with Crippen LogP contribution in [0.25, 0.3) is 0 Å². The van der Waals surface area contributed by atoms with Gasteiger partial charge in [-0.15, -0.1) is 0 Å². The SMILES string of the molecule is CCS.O.O[B]O.[H-].[K+]. The predicted octanol–water partition coefficient (Wildman–Crippen LogP) is -4.27. The molecule has 0 aliphatic carbocycles. The molecule has 0 aromatic carbocycles. The number of thiol groups is 1. The molecule has 0 aliphatic rings. The quantitative estimate of drug-likeness (QED) is 0.251.